The van der Waals surface area contributed by atoms with Gasteiger partial charge in [0.1, 0.15) is 12.7 Å². The minimum Gasteiger partial charge on any atom is -0.377 e. The fourth-order valence-electron chi connectivity index (χ4n) is 3.33. The maximum Gasteiger partial charge on any atom is 0.242 e. The number of nitrogens with one attached hydrogen (secondary N) is 2. The van der Waals surface area contributed by atoms with Crippen LogP contribution in [-0.2, 0) is 14.3 Å². The molecule has 3 heterocycles. The molecule has 1 aliphatic carbocycles. The number of hydrogen-bond acceptors (Lipinski definition) is 8. The molecule has 0 aromatic carbocycles. The average Bonchev–Trinajstić information content (AvgIpc) is 3.68. The lowest BCUT2D eigenvalue weighted by atomic mass is 10.1. The molecule has 2 N–H and O–H groups in total. The number of alkyl halides is 1. The Bertz CT molecular complexity index is 1040. The van der Waals surface area contributed by atoms with Gasteiger partial charge in [0, 0.05) is 24.2 Å². The number of carbonyl (C=O) groups is 2. The Balaban J connectivity index is 1.44. The predicted octanol–water partition coefficient (Wildman–Crippen LogP) is 1.37. The maximum atomic E-state index is 13.2. The van der Waals surface area contributed by atoms with Gasteiger partial charge in [-0.3, -0.25) is 14.6 Å². The maximum absolute atomic E-state index is 13.2. The summed E-state index contributed by atoms with van der Waals surface area (Å²) < 4.78 is 18.4. The number of nitriles is 1. The summed E-state index contributed by atoms with van der Waals surface area (Å²) in [5.41, 5.74) is 1.55. The zero-order chi connectivity index (χ0) is 22.5. The van der Waals surface area contributed by atoms with Crippen LogP contribution in [-0.4, -0.2) is 70.7 Å². The van der Waals surface area contributed by atoms with E-state index in [9.17, 15) is 19.2 Å². The largest absolute Gasteiger partial charge is 0.377 e. The SMILES string of the molecule is N#Cc1ncc(-c2cnc(NC(=O)C3CC3)cn2)cc1NCC(=O)N1CCOCC1CF. The first-order chi connectivity index (χ1) is 15.6. The molecule has 2 aromatic heterocycles. The van der Waals surface area contributed by atoms with Crippen molar-refractivity contribution in [3.8, 4) is 17.3 Å². The molecule has 0 bridgehead atoms. The molecule has 4 rings (SSSR count). The van der Waals surface area contributed by atoms with E-state index < -0.39 is 12.7 Å². The molecule has 2 fully saturated rings. The van der Waals surface area contributed by atoms with Crippen molar-refractivity contribution >= 4 is 23.3 Å². The second kappa shape index (κ2) is 9.65. The van der Waals surface area contributed by atoms with Crippen LogP contribution < -0.4 is 10.6 Å². The van der Waals surface area contributed by atoms with Crippen molar-refractivity contribution in [1.29, 1.82) is 5.26 Å². The molecule has 1 saturated heterocycles. The van der Waals surface area contributed by atoms with Crippen LogP contribution in [0.4, 0.5) is 15.9 Å². The molecule has 1 atom stereocenters. The third-order valence-corrected chi connectivity index (χ3v) is 5.30. The molecule has 10 nitrogen and oxygen atoms in total. The standard InChI is InChI=1S/C21H22FN7O3/c22-6-15-12-32-4-3-29(15)20(30)11-26-16-5-14(8-24-17(16)7-23)18-9-27-19(10-25-18)28-21(31)13-1-2-13/h5,8-10,13,15,26H,1-4,6,11-12H2,(H,27,28,31). The highest BCUT2D eigenvalue weighted by Gasteiger charge is 2.30. The second-order valence-electron chi connectivity index (χ2n) is 7.61. The minimum absolute atomic E-state index is 0.0569. The van der Waals surface area contributed by atoms with Gasteiger partial charge in [-0.1, -0.05) is 0 Å². The zero-order valence-electron chi connectivity index (χ0n) is 17.3. The van der Waals surface area contributed by atoms with Gasteiger partial charge in [-0.2, -0.15) is 5.26 Å². The number of anilines is 2. The van der Waals surface area contributed by atoms with Crippen LogP contribution in [0, 0.1) is 17.2 Å². The lowest BCUT2D eigenvalue weighted by molar-refractivity contribution is -0.138. The number of morpholine rings is 1. The van der Waals surface area contributed by atoms with E-state index in [0.29, 0.717) is 35.9 Å². The van der Waals surface area contributed by atoms with E-state index in [-0.39, 0.29) is 36.6 Å². The summed E-state index contributed by atoms with van der Waals surface area (Å²) in [6.07, 6.45) is 6.23. The quantitative estimate of drug-likeness (QED) is 0.661. The van der Waals surface area contributed by atoms with Crippen molar-refractivity contribution in [2.45, 2.75) is 18.9 Å². The van der Waals surface area contributed by atoms with Crippen LogP contribution in [0.15, 0.2) is 24.7 Å². The Morgan fingerprint density at radius 3 is 2.78 bits per heavy atom. The van der Waals surface area contributed by atoms with E-state index in [0.717, 1.165) is 12.8 Å². The zero-order valence-corrected chi connectivity index (χ0v) is 17.3. The first-order valence-electron chi connectivity index (χ1n) is 10.3. The van der Waals surface area contributed by atoms with Crippen LogP contribution in [0.5, 0.6) is 0 Å². The average molecular weight is 439 g/mol. The van der Waals surface area contributed by atoms with Gasteiger partial charge in [0.25, 0.3) is 0 Å². The molecule has 166 valence electrons. The van der Waals surface area contributed by atoms with E-state index in [1.165, 1.54) is 23.5 Å². The number of aromatic nitrogens is 3. The molecular formula is C21H22FN7O3. The van der Waals surface area contributed by atoms with Gasteiger partial charge in [0.15, 0.2) is 11.5 Å². The van der Waals surface area contributed by atoms with Gasteiger partial charge in [-0.25, -0.2) is 14.4 Å². The number of nitrogens with zero attached hydrogens (tertiary/aromatic N) is 5. The lowest BCUT2D eigenvalue weighted by Crippen LogP contribution is -2.51. The number of carbonyl (C=O) groups excluding carboxylic acids is 2. The Morgan fingerprint density at radius 1 is 1.25 bits per heavy atom. The van der Waals surface area contributed by atoms with Gasteiger partial charge in [0.05, 0.1) is 49.6 Å². The summed E-state index contributed by atoms with van der Waals surface area (Å²) in [6, 6.07) is 3.03. The molecule has 2 aliphatic rings. The molecule has 32 heavy (non-hydrogen) atoms. The van der Waals surface area contributed by atoms with Crippen molar-refractivity contribution in [2.24, 2.45) is 5.92 Å². The predicted molar refractivity (Wildman–Crippen MR) is 112 cm³/mol. The topological polar surface area (TPSA) is 133 Å². The Labute approximate surface area is 183 Å². The smallest absolute Gasteiger partial charge is 0.242 e. The fourth-order valence-corrected chi connectivity index (χ4v) is 3.33. The second-order valence-corrected chi connectivity index (χ2v) is 7.61. The Kier molecular flexibility index (Phi) is 6.51. The van der Waals surface area contributed by atoms with E-state index in [2.05, 4.69) is 25.6 Å². The highest BCUT2D eigenvalue weighted by molar-refractivity contribution is 5.93. The fraction of sp³-hybridized carbons (Fsp3) is 0.429. The first-order valence-corrected chi connectivity index (χ1v) is 10.3. The summed E-state index contributed by atoms with van der Waals surface area (Å²) in [4.78, 5) is 38.5. The van der Waals surface area contributed by atoms with Gasteiger partial charge in [-0.15, -0.1) is 0 Å². The van der Waals surface area contributed by atoms with E-state index >= 15 is 0 Å². The highest BCUT2D eigenvalue weighted by Crippen LogP contribution is 2.30. The third-order valence-electron chi connectivity index (χ3n) is 5.30. The molecule has 0 spiro atoms. The monoisotopic (exact) mass is 439 g/mol. The van der Waals surface area contributed by atoms with Crippen LogP contribution >= 0.6 is 0 Å². The highest BCUT2D eigenvalue weighted by atomic mass is 19.1. The molecule has 1 saturated carbocycles. The summed E-state index contributed by atoms with van der Waals surface area (Å²) in [6.45, 7) is 0.0465. The van der Waals surface area contributed by atoms with Crippen molar-refractivity contribution in [3.63, 3.8) is 0 Å². The van der Waals surface area contributed by atoms with E-state index in [4.69, 9.17) is 4.74 Å². The van der Waals surface area contributed by atoms with Crippen molar-refractivity contribution < 1.29 is 18.7 Å². The molecule has 0 radical (unpaired) electrons. The molecule has 1 aliphatic heterocycles. The summed E-state index contributed by atoms with van der Waals surface area (Å²) in [5.74, 6) is 0.0802. The summed E-state index contributed by atoms with van der Waals surface area (Å²) in [7, 11) is 0. The normalized spacial score (nSPS) is 18.0. The minimum atomic E-state index is -0.679. The van der Waals surface area contributed by atoms with Gasteiger partial charge >= 0.3 is 0 Å². The molecule has 2 aromatic rings. The molecule has 2 amide bonds. The molecular weight excluding hydrogens is 417 g/mol. The van der Waals surface area contributed by atoms with Crippen LogP contribution in [0.2, 0.25) is 0 Å². The van der Waals surface area contributed by atoms with E-state index in [1.807, 2.05) is 6.07 Å². The van der Waals surface area contributed by atoms with Gasteiger partial charge in [0.2, 0.25) is 11.8 Å². The molecule has 1 unspecified atom stereocenters. The number of ether oxygens (including phenoxy) is 1. The lowest BCUT2D eigenvalue weighted by Gasteiger charge is -2.34. The van der Waals surface area contributed by atoms with Crippen LogP contribution in [0.3, 0.4) is 0 Å². The number of hydrogen-bond donors (Lipinski definition) is 2. The van der Waals surface area contributed by atoms with Crippen LogP contribution in [0.1, 0.15) is 18.5 Å². The van der Waals surface area contributed by atoms with Gasteiger partial charge in [-0.05, 0) is 18.9 Å². The number of amides is 2. The van der Waals surface area contributed by atoms with Crippen molar-refractivity contribution in [3.05, 3.63) is 30.4 Å². The number of rotatable bonds is 7. The van der Waals surface area contributed by atoms with Crippen molar-refractivity contribution in [1.82, 2.24) is 19.9 Å². The van der Waals surface area contributed by atoms with E-state index in [1.54, 1.807) is 6.07 Å². The third kappa shape index (κ3) is 4.97. The number of pyridine rings is 1. The summed E-state index contributed by atoms with van der Waals surface area (Å²) >= 11 is 0. The van der Waals surface area contributed by atoms with Gasteiger partial charge < -0.3 is 20.3 Å². The Morgan fingerprint density at radius 2 is 2.09 bits per heavy atom. The Hall–Kier alpha value is -3.65. The van der Waals surface area contributed by atoms with Crippen LogP contribution in [0.25, 0.3) is 11.3 Å². The molecule has 11 heteroatoms. The number of halogens is 1. The first kappa shape index (κ1) is 21.6. The summed E-state index contributed by atoms with van der Waals surface area (Å²) in [5, 5.41) is 15.0. The van der Waals surface area contributed by atoms with Crippen molar-refractivity contribution in [2.75, 3.05) is 43.6 Å².